The fraction of sp³-hybridized carbons (Fsp3) is 0.174. The molecule has 31 heavy (non-hydrogen) atoms. The molecular weight excluding hydrogens is 416 g/mol. The van der Waals surface area contributed by atoms with Crippen molar-refractivity contribution in [3.63, 3.8) is 0 Å². The van der Waals surface area contributed by atoms with Gasteiger partial charge in [-0.05, 0) is 49.4 Å². The number of carbonyl (C=O) groups is 1. The first-order chi connectivity index (χ1) is 14.9. The molecule has 0 spiro atoms. The molecule has 1 N–H and O–H groups in total. The van der Waals surface area contributed by atoms with Crippen LogP contribution in [0.1, 0.15) is 17.3 Å². The van der Waals surface area contributed by atoms with Crippen LogP contribution in [0.4, 0.5) is 11.4 Å². The van der Waals surface area contributed by atoms with Crippen molar-refractivity contribution in [1.29, 1.82) is 0 Å². The Morgan fingerprint density at radius 2 is 1.55 bits per heavy atom. The summed E-state index contributed by atoms with van der Waals surface area (Å²) in [7, 11) is -0.931. The molecule has 0 bridgehead atoms. The van der Waals surface area contributed by atoms with Crippen LogP contribution >= 0.6 is 0 Å². The van der Waals surface area contributed by atoms with Crippen LogP contribution in [-0.2, 0) is 10.0 Å². The molecule has 0 aliphatic heterocycles. The normalized spacial score (nSPS) is 10.9. The van der Waals surface area contributed by atoms with Crippen LogP contribution in [0.25, 0.3) is 0 Å². The lowest BCUT2D eigenvalue weighted by Crippen LogP contribution is -2.31. The number of nitrogens with one attached hydrogen (secondary N) is 1. The molecule has 0 heterocycles. The van der Waals surface area contributed by atoms with Gasteiger partial charge in [-0.15, -0.1) is 0 Å². The molecule has 1 amide bonds. The molecule has 0 radical (unpaired) electrons. The van der Waals surface area contributed by atoms with Gasteiger partial charge in [0.15, 0.2) is 11.5 Å². The molecule has 3 aromatic rings. The van der Waals surface area contributed by atoms with Crippen molar-refractivity contribution in [1.82, 2.24) is 0 Å². The van der Waals surface area contributed by atoms with Crippen molar-refractivity contribution in [2.75, 3.05) is 30.4 Å². The van der Waals surface area contributed by atoms with Crippen molar-refractivity contribution in [3.8, 4) is 11.5 Å². The van der Waals surface area contributed by atoms with Gasteiger partial charge in [0.2, 0.25) is 0 Å². The van der Waals surface area contributed by atoms with E-state index < -0.39 is 15.9 Å². The van der Waals surface area contributed by atoms with Crippen LogP contribution in [0, 0.1) is 0 Å². The summed E-state index contributed by atoms with van der Waals surface area (Å²) in [4.78, 5) is 12.9. The molecule has 3 rings (SSSR count). The van der Waals surface area contributed by atoms with E-state index in [4.69, 9.17) is 9.47 Å². The third-order valence-corrected chi connectivity index (χ3v) is 6.64. The summed E-state index contributed by atoms with van der Waals surface area (Å²) in [6, 6.07) is 19.9. The largest absolute Gasteiger partial charge is 0.493 e. The number of hydrogen-bond acceptors (Lipinski definition) is 5. The molecule has 0 saturated heterocycles. The van der Waals surface area contributed by atoms with Crippen molar-refractivity contribution in [2.45, 2.75) is 11.8 Å². The summed E-state index contributed by atoms with van der Waals surface area (Å²) >= 11 is 0. The number of anilines is 2. The van der Waals surface area contributed by atoms with E-state index in [2.05, 4.69) is 5.32 Å². The first kappa shape index (κ1) is 22.2. The standard InChI is InChI=1S/C23H24N2O5S/c1-4-25(18-10-6-5-7-11-18)31(27,28)22-13-9-8-12-19(22)24-23(26)17-14-15-20(29-2)21(16-17)30-3/h5-16H,4H2,1-3H3,(H,24,26). The highest BCUT2D eigenvalue weighted by atomic mass is 32.2. The molecule has 162 valence electrons. The van der Waals surface area contributed by atoms with Crippen LogP contribution in [0.3, 0.4) is 0 Å². The molecule has 0 saturated carbocycles. The highest BCUT2D eigenvalue weighted by Gasteiger charge is 2.27. The van der Waals surface area contributed by atoms with Crippen molar-refractivity contribution in [3.05, 3.63) is 78.4 Å². The minimum Gasteiger partial charge on any atom is -0.493 e. The van der Waals surface area contributed by atoms with Gasteiger partial charge in [-0.3, -0.25) is 9.10 Å². The summed E-state index contributed by atoms with van der Waals surface area (Å²) < 4.78 is 38.6. The first-order valence-electron chi connectivity index (χ1n) is 9.62. The SMILES string of the molecule is CCN(c1ccccc1)S(=O)(=O)c1ccccc1NC(=O)c1ccc(OC)c(OC)c1. The van der Waals surface area contributed by atoms with E-state index in [0.717, 1.165) is 0 Å². The molecule has 0 unspecified atom stereocenters. The van der Waals surface area contributed by atoms with Gasteiger partial charge in [0.1, 0.15) is 4.90 Å². The maximum Gasteiger partial charge on any atom is 0.266 e. The molecule has 0 atom stereocenters. The van der Waals surface area contributed by atoms with Gasteiger partial charge in [0.25, 0.3) is 15.9 Å². The summed E-state index contributed by atoms with van der Waals surface area (Å²) in [6.07, 6.45) is 0. The van der Waals surface area contributed by atoms with Gasteiger partial charge in [-0.25, -0.2) is 8.42 Å². The monoisotopic (exact) mass is 440 g/mol. The first-order valence-corrected chi connectivity index (χ1v) is 11.1. The Bertz CT molecular complexity index is 1160. The highest BCUT2D eigenvalue weighted by molar-refractivity contribution is 7.93. The number of sulfonamides is 1. The zero-order valence-electron chi connectivity index (χ0n) is 17.5. The van der Waals surface area contributed by atoms with Crippen LogP contribution in [0.2, 0.25) is 0 Å². The number of ether oxygens (including phenoxy) is 2. The number of benzene rings is 3. The number of carbonyl (C=O) groups excluding carboxylic acids is 1. The second-order valence-electron chi connectivity index (χ2n) is 6.53. The Balaban J connectivity index is 1.96. The minimum absolute atomic E-state index is 0.00882. The second-order valence-corrected chi connectivity index (χ2v) is 8.36. The number of nitrogens with zero attached hydrogens (tertiary/aromatic N) is 1. The lowest BCUT2D eigenvalue weighted by atomic mass is 10.2. The second kappa shape index (κ2) is 9.53. The molecule has 0 aliphatic rings. The Morgan fingerprint density at radius 3 is 2.19 bits per heavy atom. The van der Waals surface area contributed by atoms with Gasteiger partial charge >= 0.3 is 0 Å². The Labute approximate surface area is 182 Å². The molecule has 7 nitrogen and oxygen atoms in total. The van der Waals surface area contributed by atoms with Gasteiger partial charge in [0.05, 0.1) is 25.6 Å². The van der Waals surface area contributed by atoms with E-state index in [0.29, 0.717) is 22.7 Å². The predicted octanol–water partition coefficient (Wildman–Crippen LogP) is 4.17. The lowest BCUT2D eigenvalue weighted by Gasteiger charge is -2.24. The Hall–Kier alpha value is -3.52. The van der Waals surface area contributed by atoms with E-state index in [-0.39, 0.29) is 17.1 Å². The van der Waals surface area contributed by atoms with Crippen LogP contribution in [-0.4, -0.2) is 35.1 Å². The molecule has 3 aromatic carbocycles. The Morgan fingerprint density at radius 1 is 0.903 bits per heavy atom. The molecule has 0 aliphatic carbocycles. The third-order valence-electron chi connectivity index (χ3n) is 4.68. The average Bonchev–Trinajstić information content (AvgIpc) is 2.79. The molecule has 0 fully saturated rings. The maximum absolute atomic E-state index is 13.4. The highest BCUT2D eigenvalue weighted by Crippen LogP contribution is 2.30. The molecule has 8 heteroatoms. The maximum atomic E-state index is 13.4. The number of rotatable bonds is 8. The van der Waals surface area contributed by atoms with E-state index in [1.807, 2.05) is 6.07 Å². The van der Waals surface area contributed by atoms with Gasteiger partial charge in [-0.2, -0.15) is 0 Å². The Kier molecular flexibility index (Phi) is 6.81. The fourth-order valence-corrected chi connectivity index (χ4v) is 4.80. The van der Waals surface area contributed by atoms with Gasteiger partial charge in [-0.1, -0.05) is 30.3 Å². The van der Waals surface area contributed by atoms with Crippen molar-refractivity contribution in [2.24, 2.45) is 0 Å². The molecular formula is C23H24N2O5S. The summed E-state index contributed by atoms with van der Waals surface area (Å²) in [6.45, 7) is 2.00. The molecule has 0 aromatic heterocycles. The lowest BCUT2D eigenvalue weighted by molar-refractivity contribution is 0.102. The van der Waals surface area contributed by atoms with Gasteiger partial charge in [0, 0.05) is 12.1 Å². The van der Waals surface area contributed by atoms with Crippen molar-refractivity contribution < 1.29 is 22.7 Å². The number of hydrogen-bond donors (Lipinski definition) is 1. The quantitative estimate of drug-likeness (QED) is 0.568. The van der Waals surface area contributed by atoms with Crippen LogP contribution in [0.5, 0.6) is 11.5 Å². The van der Waals surface area contributed by atoms with Gasteiger partial charge < -0.3 is 14.8 Å². The number of para-hydroxylation sites is 2. The van der Waals surface area contributed by atoms with Crippen molar-refractivity contribution >= 4 is 27.3 Å². The average molecular weight is 441 g/mol. The number of amides is 1. The fourth-order valence-electron chi connectivity index (χ4n) is 3.17. The summed E-state index contributed by atoms with van der Waals surface area (Å²) in [5.74, 6) is 0.423. The predicted molar refractivity (Wildman–Crippen MR) is 121 cm³/mol. The summed E-state index contributed by atoms with van der Waals surface area (Å²) in [5, 5.41) is 2.71. The van der Waals surface area contributed by atoms with E-state index in [9.17, 15) is 13.2 Å². The smallest absolute Gasteiger partial charge is 0.266 e. The zero-order valence-corrected chi connectivity index (χ0v) is 18.3. The van der Waals surface area contributed by atoms with E-state index in [1.54, 1.807) is 61.5 Å². The van der Waals surface area contributed by atoms with E-state index >= 15 is 0 Å². The number of methoxy groups -OCH3 is 2. The minimum atomic E-state index is -3.91. The zero-order chi connectivity index (χ0) is 22.4. The third kappa shape index (κ3) is 4.64. The van der Waals surface area contributed by atoms with Crippen LogP contribution < -0.4 is 19.1 Å². The topological polar surface area (TPSA) is 84.9 Å². The summed E-state index contributed by atoms with van der Waals surface area (Å²) in [5.41, 5.74) is 1.04. The van der Waals surface area contributed by atoms with Crippen LogP contribution in [0.15, 0.2) is 77.7 Å². The van der Waals surface area contributed by atoms with E-state index in [1.165, 1.54) is 30.7 Å².